The van der Waals surface area contributed by atoms with Crippen LogP contribution in [0, 0.1) is 11.8 Å². The molecular weight excluding hydrogens is 262 g/mol. The summed E-state index contributed by atoms with van der Waals surface area (Å²) in [5.74, 6) is -0.124. The molecule has 2 atom stereocenters. The molecule has 2 unspecified atom stereocenters. The summed E-state index contributed by atoms with van der Waals surface area (Å²) < 4.78 is 0. The molecule has 3 heteroatoms. The van der Waals surface area contributed by atoms with Crippen molar-refractivity contribution >= 4 is 5.97 Å². The SMILES string of the molecule is CC(C)C(NC(c1ccccc1)C1CCCCC1)C(=O)O. The molecule has 0 spiro atoms. The lowest BCUT2D eigenvalue weighted by Crippen LogP contribution is -2.45. The maximum Gasteiger partial charge on any atom is 0.320 e. The van der Waals surface area contributed by atoms with E-state index in [0.29, 0.717) is 5.92 Å². The standard InChI is InChI=1S/C18H27NO2/c1-13(2)16(18(20)21)19-17(14-9-5-3-6-10-14)15-11-7-4-8-12-15/h3,5-6,9-10,13,15-17,19H,4,7-8,11-12H2,1-2H3,(H,20,21). The second-order valence-corrected chi connectivity index (χ2v) is 6.51. The number of carboxylic acids is 1. The Hall–Kier alpha value is -1.35. The molecule has 1 fully saturated rings. The Kier molecular flexibility index (Phi) is 5.80. The highest BCUT2D eigenvalue weighted by Crippen LogP contribution is 2.35. The van der Waals surface area contributed by atoms with E-state index < -0.39 is 12.0 Å². The fourth-order valence-electron chi connectivity index (χ4n) is 3.37. The van der Waals surface area contributed by atoms with Crippen LogP contribution in [0.1, 0.15) is 57.6 Å². The van der Waals surface area contributed by atoms with Crippen molar-refractivity contribution in [2.24, 2.45) is 11.8 Å². The average molecular weight is 289 g/mol. The van der Waals surface area contributed by atoms with E-state index in [1.165, 1.54) is 37.7 Å². The van der Waals surface area contributed by atoms with Crippen LogP contribution in [0.3, 0.4) is 0 Å². The van der Waals surface area contributed by atoms with E-state index in [1.807, 2.05) is 32.0 Å². The molecule has 0 heterocycles. The van der Waals surface area contributed by atoms with Crippen molar-refractivity contribution in [3.63, 3.8) is 0 Å². The van der Waals surface area contributed by atoms with Crippen LogP contribution in [0.25, 0.3) is 0 Å². The number of hydrogen-bond donors (Lipinski definition) is 2. The smallest absolute Gasteiger partial charge is 0.320 e. The molecule has 1 aliphatic carbocycles. The first-order chi connectivity index (χ1) is 10.1. The monoisotopic (exact) mass is 289 g/mol. The quantitative estimate of drug-likeness (QED) is 0.832. The van der Waals surface area contributed by atoms with E-state index in [1.54, 1.807) is 0 Å². The van der Waals surface area contributed by atoms with Gasteiger partial charge >= 0.3 is 5.97 Å². The zero-order chi connectivity index (χ0) is 15.2. The zero-order valence-corrected chi connectivity index (χ0v) is 13.1. The molecule has 0 aliphatic heterocycles. The van der Waals surface area contributed by atoms with Crippen molar-refractivity contribution in [3.05, 3.63) is 35.9 Å². The first kappa shape index (κ1) is 16.0. The van der Waals surface area contributed by atoms with Gasteiger partial charge in [0.1, 0.15) is 6.04 Å². The van der Waals surface area contributed by atoms with Crippen LogP contribution in [0.2, 0.25) is 0 Å². The summed E-state index contributed by atoms with van der Waals surface area (Å²) in [5.41, 5.74) is 1.22. The van der Waals surface area contributed by atoms with Crippen LogP contribution in [0.15, 0.2) is 30.3 Å². The molecule has 116 valence electrons. The molecule has 0 aromatic heterocycles. The van der Waals surface area contributed by atoms with Crippen molar-refractivity contribution in [1.29, 1.82) is 0 Å². The van der Waals surface area contributed by atoms with Gasteiger partial charge in [-0.1, -0.05) is 63.4 Å². The van der Waals surface area contributed by atoms with Gasteiger partial charge in [-0.15, -0.1) is 0 Å². The first-order valence-electron chi connectivity index (χ1n) is 8.13. The minimum absolute atomic E-state index is 0.0808. The number of hydrogen-bond acceptors (Lipinski definition) is 2. The number of carboxylic acid groups (broad SMARTS) is 1. The van der Waals surface area contributed by atoms with Crippen LogP contribution in [0.4, 0.5) is 0 Å². The third-order valence-electron chi connectivity index (χ3n) is 4.57. The van der Waals surface area contributed by atoms with Crippen molar-refractivity contribution in [2.75, 3.05) is 0 Å². The highest BCUT2D eigenvalue weighted by atomic mass is 16.4. The molecule has 1 aliphatic rings. The summed E-state index contributed by atoms with van der Waals surface area (Å²) in [6.07, 6.45) is 6.21. The van der Waals surface area contributed by atoms with Gasteiger partial charge in [0.15, 0.2) is 0 Å². The van der Waals surface area contributed by atoms with Gasteiger partial charge in [0.25, 0.3) is 0 Å². The number of carbonyl (C=O) groups is 1. The van der Waals surface area contributed by atoms with Crippen molar-refractivity contribution in [3.8, 4) is 0 Å². The lowest BCUT2D eigenvalue weighted by Gasteiger charge is -2.34. The van der Waals surface area contributed by atoms with Gasteiger partial charge < -0.3 is 5.11 Å². The molecule has 3 nitrogen and oxygen atoms in total. The summed E-state index contributed by atoms with van der Waals surface area (Å²) in [6, 6.07) is 9.98. The Balaban J connectivity index is 2.20. The Labute approximate surface area is 127 Å². The lowest BCUT2D eigenvalue weighted by atomic mass is 9.80. The molecular formula is C18H27NO2. The third kappa shape index (κ3) is 4.31. The van der Waals surface area contributed by atoms with E-state index >= 15 is 0 Å². The molecule has 1 saturated carbocycles. The summed E-state index contributed by atoms with van der Waals surface area (Å²) in [4.78, 5) is 11.5. The highest BCUT2D eigenvalue weighted by molar-refractivity contribution is 5.73. The van der Waals surface area contributed by atoms with E-state index in [9.17, 15) is 9.90 Å². The summed E-state index contributed by atoms with van der Waals surface area (Å²) in [5, 5.41) is 12.9. The highest BCUT2D eigenvalue weighted by Gasteiger charge is 2.30. The number of rotatable bonds is 6. The van der Waals surface area contributed by atoms with Crippen LogP contribution >= 0.6 is 0 Å². The number of benzene rings is 1. The fraction of sp³-hybridized carbons (Fsp3) is 0.611. The normalized spacial score (nSPS) is 19.4. The van der Waals surface area contributed by atoms with Gasteiger partial charge in [0.2, 0.25) is 0 Å². The first-order valence-corrected chi connectivity index (χ1v) is 8.13. The largest absolute Gasteiger partial charge is 0.480 e. The molecule has 2 rings (SSSR count). The minimum Gasteiger partial charge on any atom is -0.480 e. The van der Waals surface area contributed by atoms with Crippen LogP contribution in [-0.2, 0) is 4.79 Å². The molecule has 0 radical (unpaired) electrons. The Morgan fingerprint density at radius 3 is 2.29 bits per heavy atom. The molecule has 2 N–H and O–H groups in total. The zero-order valence-electron chi connectivity index (χ0n) is 13.1. The summed E-state index contributed by atoms with van der Waals surface area (Å²) in [6.45, 7) is 3.93. The Bertz CT molecular complexity index is 438. The van der Waals surface area contributed by atoms with Crippen molar-refractivity contribution in [2.45, 2.75) is 58.0 Å². The molecule has 1 aromatic carbocycles. The second-order valence-electron chi connectivity index (χ2n) is 6.51. The maximum atomic E-state index is 11.5. The minimum atomic E-state index is -0.748. The van der Waals surface area contributed by atoms with Gasteiger partial charge in [-0.05, 0) is 30.2 Å². The van der Waals surface area contributed by atoms with Crippen molar-refractivity contribution in [1.82, 2.24) is 5.32 Å². The summed E-state index contributed by atoms with van der Waals surface area (Å²) >= 11 is 0. The molecule has 0 saturated heterocycles. The maximum absolute atomic E-state index is 11.5. The predicted molar refractivity (Wildman–Crippen MR) is 85.2 cm³/mol. The van der Waals surface area contributed by atoms with Crippen LogP contribution < -0.4 is 5.32 Å². The Morgan fingerprint density at radius 2 is 1.76 bits per heavy atom. The van der Waals surface area contributed by atoms with E-state index in [4.69, 9.17) is 0 Å². The average Bonchev–Trinajstić information content (AvgIpc) is 2.49. The fourth-order valence-corrected chi connectivity index (χ4v) is 3.37. The van der Waals surface area contributed by atoms with Gasteiger partial charge in [-0.3, -0.25) is 10.1 Å². The molecule has 0 amide bonds. The second kappa shape index (κ2) is 7.60. The van der Waals surface area contributed by atoms with Gasteiger partial charge in [0.05, 0.1) is 0 Å². The van der Waals surface area contributed by atoms with Crippen molar-refractivity contribution < 1.29 is 9.90 Å². The van der Waals surface area contributed by atoms with E-state index in [0.717, 1.165) is 0 Å². The van der Waals surface area contributed by atoms with Gasteiger partial charge in [-0.2, -0.15) is 0 Å². The van der Waals surface area contributed by atoms with E-state index in [2.05, 4.69) is 17.4 Å². The molecule has 1 aromatic rings. The Morgan fingerprint density at radius 1 is 1.14 bits per heavy atom. The molecule has 0 bridgehead atoms. The summed E-state index contributed by atoms with van der Waals surface area (Å²) in [7, 11) is 0. The topological polar surface area (TPSA) is 49.3 Å². The van der Waals surface area contributed by atoms with Crippen LogP contribution in [0.5, 0.6) is 0 Å². The van der Waals surface area contributed by atoms with E-state index in [-0.39, 0.29) is 12.0 Å². The molecule has 21 heavy (non-hydrogen) atoms. The number of nitrogens with one attached hydrogen (secondary N) is 1. The lowest BCUT2D eigenvalue weighted by molar-refractivity contribution is -0.141. The predicted octanol–water partition coefficient (Wildman–Crippen LogP) is 4.01. The van der Waals surface area contributed by atoms with Crippen LogP contribution in [-0.4, -0.2) is 17.1 Å². The van der Waals surface area contributed by atoms with Gasteiger partial charge in [0, 0.05) is 6.04 Å². The van der Waals surface area contributed by atoms with Gasteiger partial charge in [-0.25, -0.2) is 0 Å². The number of aliphatic carboxylic acids is 1. The third-order valence-corrected chi connectivity index (χ3v) is 4.57.